The first-order valence-corrected chi connectivity index (χ1v) is 12.1. The van der Waals surface area contributed by atoms with Crippen LogP contribution in [0.5, 0.6) is 5.75 Å². The summed E-state index contributed by atoms with van der Waals surface area (Å²) in [5.74, 6) is 0.826. The standard InChI is InChI=1S/C22H37NO4S/c1-5-7-8-9-10-11-12-22(24)23(17-19(3)4)18-20-13-15-21(16-14-20)27-28(25,26)6-2/h13-16,19H,5-12,17-18H2,1-4H3. The minimum atomic E-state index is -3.52. The maximum absolute atomic E-state index is 12.7. The molecular weight excluding hydrogens is 374 g/mol. The summed E-state index contributed by atoms with van der Waals surface area (Å²) in [5, 5.41) is 0. The lowest BCUT2D eigenvalue weighted by atomic mass is 10.1. The minimum Gasteiger partial charge on any atom is -0.382 e. The molecule has 160 valence electrons. The van der Waals surface area contributed by atoms with Gasteiger partial charge < -0.3 is 9.08 Å². The van der Waals surface area contributed by atoms with Crippen LogP contribution >= 0.6 is 0 Å². The van der Waals surface area contributed by atoms with E-state index in [2.05, 4.69) is 20.8 Å². The molecule has 0 aliphatic carbocycles. The summed E-state index contributed by atoms with van der Waals surface area (Å²) < 4.78 is 28.1. The van der Waals surface area contributed by atoms with Crippen molar-refractivity contribution in [1.29, 1.82) is 0 Å². The van der Waals surface area contributed by atoms with Crippen molar-refractivity contribution in [3.8, 4) is 5.75 Å². The van der Waals surface area contributed by atoms with E-state index in [-0.39, 0.29) is 11.7 Å². The summed E-state index contributed by atoms with van der Waals surface area (Å²) >= 11 is 0. The number of carbonyl (C=O) groups excluding carboxylic acids is 1. The molecule has 0 saturated carbocycles. The van der Waals surface area contributed by atoms with Crippen LogP contribution in [0.3, 0.4) is 0 Å². The molecule has 0 aromatic heterocycles. The maximum Gasteiger partial charge on any atom is 0.308 e. The fraction of sp³-hybridized carbons (Fsp3) is 0.682. The predicted molar refractivity (Wildman–Crippen MR) is 115 cm³/mol. The molecule has 0 unspecified atom stereocenters. The van der Waals surface area contributed by atoms with Crippen LogP contribution in [0.2, 0.25) is 0 Å². The number of benzene rings is 1. The normalized spacial score (nSPS) is 11.6. The smallest absolute Gasteiger partial charge is 0.308 e. The van der Waals surface area contributed by atoms with Gasteiger partial charge in [-0.05, 0) is 37.0 Å². The molecule has 0 fully saturated rings. The van der Waals surface area contributed by atoms with E-state index in [1.165, 1.54) is 25.7 Å². The lowest BCUT2D eigenvalue weighted by molar-refractivity contribution is -0.132. The summed E-state index contributed by atoms with van der Waals surface area (Å²) in [5.41, 5.74) is 0.971. The van der Waals surface area contributed by atoms with E-state index in [0.717, 1.165) is 24.9 Å². The Labute approximate surface area is 171 Å². The lowest BCUT2D eigenvalue weighted by Gasteiger charge is -2.25. The van der Waals surface area contributed by atoms with Crippen molar-refractivity contribution in [2.75, 3.05) is 12.3 Å². The summed E-state index contributed by atoms with van der Waals surface area (Å²) in [6.07, 6.45) is 7.60. The highest BCUT2D eigenvalue weighted by atomic mass is 32.2. The molecule has 1 amide bonds. The maximum atomic E-state index is 12.7. The zero-order valence-electron chi connectivity index (χ0n) is 17.9. The van der Waals surface area contributed by atoms with Crippen molar-refractivity contribution in [2.45, 2.75) is 79.2 Å². The third-order valence-electron chi connectivity index (χ3n) is 4.56. The minimum absolute atomic E-state index is 0.0656. The molecular formula is C22H37NO4S. The summed E-state index contributed by atoms with van der Waals surface area (Å²) in [6.45, 7) is 9.22. The van der Waals surface area contributed by atoms with Crippen LogP contribution in [0.4, 0.5) is 0 Å². The second-order valence-electron chi connectivity index (χ2n) is 7.76. The molecule has 0 aliphatic rings. The highest BCUT2D eigenvalue weighted by Gasteiger charge is 2.16. The molecule has 1 rings (SSSR count). The monoisotopic (exact) mass is 411 g/mol. The average molecular weight is 412 g/mol. The first kappa shape index (κ1) is 24.5. The van der Waals surface area contributed by atoms with Crippen LogP contribution in [-0.2, 0) is 21.5 Å². The van der Waals surface area contributed by atoms with E-state index >= 15 is 0 Å². The fourth-order valence-electron chi connectivity index (χ4n) is 2.99. The van der Waals surface area contributed by atoms with Gasteiger partial charge in [0.15, 0.2) is 0 Å². The van der Waals surface area contributed by atoms with E-state index in [1.807, 2.05) is 17.0 Å². The number of hydrogen-bond acceptors (Lipinski definition) is 4. The van der Waals surface area contributed by atoms with Gasteiger partial charge in [-0.25, -0.2) is 0 Å². The van der Waals surface area contributed by atoms with Gasteiger partial charge in [0, 0.05) is 19.5 Å². The molecule has 0 saturated heterocycles. The molecule has 0 atom stereocenters. The van der Waals surface area contributed by atoms with Gasteiger partial charge in [0.25, 0.3) is 0 Å². The Morgan fingerprint density at radius 2 is 1.61 bits per heavy atom. The average Bonchev–Trinajstić information content (AvgIpc) is 2.65. The van der Waals surface area contributed by atoms with Crippen LogP contribution in [0.1, 0.15) is 78.2 Å². The Kier molecular flexibility index (Phi) is 11.2. The number of nitrogens with zero attached hydrogens (tertiary/aromatic N) is 1. The van der Waals surface area contributed by atoms with Crippen LogP contribution < -0.4 is 4.18 Å². The van der Waals surface area contributed by atoms with Crippen molar-refractivity contribution in [2.24, 2.45) is 5.92 Å². The molecule has 0 aliphatic heterocycles. The van der Waals surface area contributed by atoms with Gasteiger partial charge in [0.05, 0.1) is 5.75 Å². The Hall–Kier alpha value is -1.56. The van der Waals surface area contributed by atoms with Gasteiger partial charge >= 0.3 is 10.1 Å². The van der Waals surface area contributed by atoms with Gasteiger partial charge in [-0.2, -0.15) is 8.42 Å². The highest BCUT2D eigenvalue weighted by molar-refractivity contribution is 7.87. The Morgan fingerprint density at radius 1 is 1.00 bits per heavy atom. The van der Waals surface area contributed by atoms with Gasteiger partial charge in [0.1, 0.15) is 5.75 Å². The summed E-state index contributed by atoms with van der Waals surface area (Å²) in [4.78, 5) is 14.6. The molecule has 0 spiro atoms. The Bertz CT molecular complexity index is 668. The Morgan fingerprint density at radius 3 is 2.18 bits per heavy atom. The van der Waals surface area contributed by atoms with Crippen molar-refractivity contribution >= 4 is 16.0 Å². The van der Waals surface area contributed by atoms with Crippen LogP contribution in [0.15, 0.2) is 24.3 Å². The van der Waals surface area contributed by atoms with Crippen molar-refractivity contribution in [3.05, 3.63) is 29.8 Å². The molecule has 0 bridgehead atoms. The van der Waals surface area contributed by atoms with Gasteiger partial charge in [0.2, 0.25) is 5.91 Å². The topological polar surface area (TPSA) is 63.7 Å². The zero-order chi connectivity index (χ0) is 21.0. The second-order valence-corrected chi connectivity index (χ2v) is 9.62. The van der Waals surface area contributed by atoms with E-state index in [4.69, 9.17) is 4.18 Å². The molecule has 0 radical (unpaired) electrons. The number of carbonyl (C=O) groups is 1. The SMILES string of the molecule is CCCCCCCCC(=O)N(Cc1ccc(OS(=O)(=O)CC)cc1)CC(C)C. The van der Waals surface area contributed by atoms with Gasteiger partial charge in [-0.3, -0.25) is 4.79 Å². The molecule has 0 heterocycles. The molecule has 1 aromatic carbocycles. The van der Waals surface area contributed by atoms with Gasteiger partial charge in [-0.15, -0.1) is 0 Å². The van der Waals surface area contributed by atoms with Crippen LogP contribution in [-0.4, -0.2) is 31.5 Å². The fourth-order valence-corrected chi connectivity index (χ4v) is 3.51. The first-order valence-electron chi connectivity index (χ1n) is 10.6. The number of unbranched alkanes of at least 4 members (excludes halogenated alkanes) is 5. The predicted octanol–water partition coefficient (Wildman–Crippen LogP) is 5.15. The lowest BCUT2D eigenvalue weighted by Crippen LogP contribution is -2.33. The van der Waals surface area contributed by atoms with Crippen LogP contribution in [0.25, 0.3) is 0 Å². The van der Waals surface area contributed by atoms with Crippen molar-refractivity contribution in [3.63, 3.8) is 0 Å². The highest BCUT2D eigenvalue weighted by Crippen LogP contribution is 2.17. The first-order chi connectivity index (χ1) is 13.3. The number of hydrogen-bond donors (Lipinski definition) is 0. The number of rotatable bonds is 14. The zero-order valence-corrected chi connectivity index (χ0v) is 18.8. The molecule has 5 nitrogen and oxygen atoms in total. The second kappa shape index (κ2) is 12.8. The quantitative estimate of drug-likeness (QED) is 0.314. The molecule has 1 aromatic rings. The van der Waals surface area contributed by atoms with Crippen molar-refractivity contribution < 1.29 is 17.4 Å². The summed E-state index contributed by atoms with van der Waals surface area (Å²) in [7, 11) is -3.52. The third kappa shape index (κ3) is 10.1. The largest absolute Gasteiger partial charge is 0.382 e. The van der Waals surface area contributed by atoms with Crippen LogP contribution in [0, 0.1) is 5.92 Å². The molecule has 6 heteroatoms. The van der Waals surface area contributed by atoms with E-state index < -0.39 is 10.1 Å². The molecule has 28 heavy (non-hydrogen) atoms. The molecule has 0 N–H and O–H groups in total. The Balaban J connectivity index is 2.61. The number of amides is 1. The van der Waals surface area contributed by atoms with E-state index in [0.29, 0.717) is 24.6 Å². The van der Waals surface area contributed by atoms with Crippen molar-refractivity contribution in [1.82, 2.24) is 4.90 Å². The summed E-state index contributed by atoms with van der Waals surface area (Å²) in [6, 6.07) is 6.94. The van der Waals surface area contributed by atoms with E-state index in [1.54, 1.807) is 19.1 Å². The van der Waals surface area contributed by atoms with E-state index in [9.17, 15) is 13.2 Å². The third-order valence-corrected chi connectivity index (χ3v) is 5.71. The van der Waals surface area contributed by atoms with Gasteiger partial charge in [-0.1, -0.05) is 65.0 Å².